The first kappa shape index (κ1) is 13.3. The lowest BCUT2D eigenvalue weighted by Crippen LogP contribution is -2.28. The molecule has 0 radical (unpaired) electrons. The van der Waals surface area contributed by atoms with Crippen molar-refractivity contribution in [2.45, 2.75) is 13.0 Å². The maximum absolute atomic E-state index is 12.3. The molecule has 0 aliphatic carbocycles. The Hall–Kier alpha value is -1.13. The summed E-state index contributed by atoms with van der Waals surface area (Å²) >= 11 is 4.84. The van der Waals surface area contributed by atoms with Gasteiger partial charge < -0.3 is 4.90 Å². The van der Waals surface area contributed by atoms with Gasteiger partial charge in [-0.25, -0.2) is 0 Å². The largest absolute Gasteiger partial charge is 0.334 e. The van der Waals surface area contributed by atoms with Crippen LogP contribution in [0.15, 0.2) is 46.3 Å². The predicted molar refractivity (Wildman–Crippen MR) is 79.0 cm³/mol. The third-order valence-electron chi connectivity index (χ3n) is 2.97. The lowest BCUT2D eigenvalue weighted by atomic mass is 10.1. The number of benzene rings is 1. The van der Waals surface area contributed by atoms with Gasteiger partial charge in [0.1, 0.15) is 0 Å². The average Bonchev–Trinajstić information content (AvgIpc) is 2.84. The number of thiophene rings is 1. The van der Waals surface area contributed by atoms with E-state index < -0.39 is 0 Å². The molecule has 1 unspecified atom stereocenters. The summed E-state index contributed by atoms with van der Waals surface area (Å²) in [7, 11) is 1.84. The van der Waals surface area contributed by atoms with E-state index in [1.54, 1.807) is 4.90 Å². The zero-order valence-corrected chi connectivity index (χ0v) is 12.7. The Morgan fingerprint density at radius 2 is 1.89 bits per heavy atom. The van der Waals surface area contributed by atoms with E-state index in [9.17, 15) is 4.79 Å². The molecular weight excluding hydrogens is 310 g/mol. The minimum Gasteiger partial charge on any atom is -0.334 e. The number of hydrogen-bond acceptors (Lipinski definition) is 2. The molecule has 1 amide bonds. The van der Waals surface area contributed by atoms with Crippen molar-refractivity contribution >= 4 is 33.2 Å². The van der Waals surface area contributed by atoms with E-state index in [4.69, 9.17) is 0 Å². The molecule has 1 aromatic carbocycles. The second-order valence-corrected chi connectivity index (χ2v) is 6.57. The number of nitrogens with zero attached hydrogens (tertiary/aromatic N) is 1. The average molecular weight is 324 g/mol. The Balaban J connectivity index is 2.16. The fourth-order valence-corrected chi connectivity index (χ4v) is 3.10. The summed E-state index contributed by atoms with van der Waals surface area (Å²) in [6.45, 7) is 2.04. The monoisotopic (exact) mass is 323 g/mol. The van der Waals surface area contributed by atoms with Gasteiger partial charge in [0.25, 0.3) is 5.91 Å². The molecule has 94 valence electrons. The maximum atomic E-state index is 12.3. The highest BCUT2D eigenvalue weighted by Gasteiger charge is 2.19. The van der Waals surface area contributed by atoms with E-state index in [1.807, 2.05) is 56.4 Å². The van der Waals surface area contributed by atoms with E-state index >= 15 is 0 Å². The second-order valence-electron chi connectivity index (χ2n) is 4.11. The highest BCUT2D eigenvalue weighted by atomic mass is 79.9. The summed E-state index contributed by atoms with van der Waals surface area (Å²) in [6.07, 6.45) is 0. The summed E-state index contributed by atoms with van der Waals surface area (Å²) in [4.78, 5) is 14.8. The van der Waals surface area contributed by atoms with Crippen LogP contribution in [0.3, 0.4) is 0 Å². The molecule has 0 saturated carbocycles. The highest BCUT2D eigenvalue weighted by molar-refractivity contribution is 9.11. The fourth-order valence-electron chi connectivity index (χ4n) is 1.73. The molecule has 0 bridgehead atoms. The minimum atomic E-state index is 0.0575. The third-order valence-corrected chi connectivity index (χ3v) is 4.58. The summed E-state index contributed by atoms with van der Waals surface area (Å²) in [5.74, 6) is 0.0575. The van der Waals surface area contributed by atoms with Crippen LogP contribution in [0.2, 0.25) is 0 Å². The van der Waals surface area contributed by atoms with Gasteiger partial charge in [-0.05, 0) is 40.5 Å². The number of halogens is 1. The van der Waals surface area contributed by atoms with Crippen molar-refractivity contribution < 1.29 is 4.79 Å². The van der Waals surface area contributed by atoms with Crippen LogP contribution in [-0.2, 0) is 0 Å². The Labute approximate surface area is 119 Å². The second kappa shape index (κ2) is 5.67. The molecule has 0 spiro atoms. The van der Waals surface area contributed by atoms with Crippen LogP contribution in [-0.4, -0.2) is 17.9 Å². The molecule has 2 nitrogen and oxygen atoms in total. The van der Waals surface area contributed by atoms with Gasteiger partial charge in [-0.3, -0.25) is 4.79 Å². The molecule has 0 aliphatic heterocycles. The van der Waals surface area contributed by atoms with Crippen LogP contribution in [0.1, 0.15) is 28.2 Å². The van der Waals surface area contributed by atoms with Crippen LogP contribution in [0.25, 0.3) is 0 Å². The molecule has 1 atom stereocenters. The van der Waals surface area contributed by atoms with Crippen molar-refractivity contribution in [3.05, 3.63) is 56.7 Å². The molecule has 2 rings (SSSR count). The molecule has 0 fully saturated rings. The molecule has 2 aromatic rings. The van der Waals surface area contributed by atoms with Gasteiger partial charge in [-0.2, -0.15) is 0 Å². The van der Waals surface area contributed by atoms with Crippen LogP contribution < -0.4 is 0 Å². The van der Waals surface area contributed by atoms with Gasteiger partial charge in [0.15, 0.2) is 0 Å². The van der Waals surface area contributed by atoms with Crippen LogP contribution in [0, 0.1) is 0 Å². The van der Waals surface area contributed by atoms with E-state index in [-0.39, 0.29) is 11.9 Å². The standard InChI is InChI=1S/C14H14BrNOS/c1-10(11-6-4-3-5-7-11)16(2)14(17)12-8-9-13(15)18-12/h3-10H,1-2H3. The van der Waals surface area contributed by atoms with E-state index in [0.717, 1.165) is 14.2 Å². The Morgan fingerprint density at radius 1 is 1.22 bits per heavy atom. The fraction of sp³-hybridized carbons (Fsp3) is 0.214. The number of hydrogen-bond donors (Lipinski definition) is 0. The first-order chi connectivity index (χ1) is 8.59. The quantitative estimate of drug-likeness (QED) is 0.822. The first-order valence-corrected chi connectivity index (χ1v) is 7.28. The number of amides is 1. The van der Waals surface area contributed by atoms with Gasteiger partial charge in [-0.1, -0.05) is 30.3 Å². The molecule has 18 heavy (non-hydrogen) atoms. The van der Waals surface area contributed by atoms with E-state index in [0.29, 0.717) is 0 Å². The SMILES string of the molecule is CC(c1ccccc1)N(C)C(=O)c1ccc(Br)s1. The summed E-state index contributed by atoms with van der Waals surface area (Å²) < 4.78 is 0.978. The summed E-state index contributed by atoms with van der Waals surface area (Å²) in [5.41, 5.74) is 1.14. The third kappa shape index (κ3) is 2.82. The number of carbonyl (C=O) groups is 1. The van der Waals surface area contributed by atoms with E-state index in [1.165, 1.54) is 11.3 Å². The maximum Gasteiger partial charge on any atom is 0.264 e. The molecule has 0 saturated heterocycles. The molecule has 0 aliphatic rings. The van der Waals surface area contributed by atoms with Crippen molar-refractivity contribution in [1.29, 1.82) is 0 Å². The Kier molecular flexibility index (Phi) is 4.19. The van der Waals surface area contributed by atoms with Gasteiger partial charge in [0, 0.05) is 7.05 Å². The van der Waals surface area contributed by atoms with E-state index in [2.05, 4.69) is 15.9 Å². The Morgan fingerprint density at radius 3 is 2.44 bits per heavy atom. The summed E-state index contributed by atoms with van der Waals surface area (Å²) in [5, 5.41) is 0. The van der Waals surface area contributed by atoms with Crippen molar-refractivity contribution in [2.24, 2.45) is 0 Å². The molecule has 1 heterocycles. The van der Waals surface area contributed by atoms with Gasteiger partial charge in [0.2, 0.25) is 0 Å². The van der Waals surface area contributed by atoms with Gasteiger partial charge in [0.05, 0.1) is 14.7 Å². The van der Waals surface area contributed by atoms with Crippen molar-refractivity contribution in [3.8, 4) is 0 Å². The smallest absolute Gasteiger partial charge is 0.264 e. The minimum absolute atomic E-state index is 0.0575. The first-order valence-electron chi connectivity index (χ1n) is 5.67. The van der Waals surface area contributed by atoms with Crippen molar-refractivity contribution in [3.63, 3.8) is 0 Å². The molecule has 4 heteroatoms. The predicted octanol–water partition coefficient (Wildman–Crippen LogP) is 4.34. The summed E-state index contributed by atoms with van der Waals surface area (Å²) in [6, 6.07) is 13.9. The van der Waals surface area contributed by atoms with Gasteiger partial charge in [-0.15, -0.1) is 11.3 Å². The lowest BCUT2D eigenvalue weighted by molar-refractivity contribution is 0.0747. The number of rotatable bonds is 3. The lowest BCUT2D eigenvalue weighted by Gasteiger charge is -2.24. The zero-order valence-electron chi connectivity index (χ0n) is 10.3. The molecule has 0 N–H and O–H groups in total. The normalized spacial score (nSPS) is 12.2. The van der Waals surface area contributed by atoms with Crippen LogP contribution in [0.4, 0.5) is 0 Å². The van der Waals surface area contributed by atoms with Crippen molar-refractivity contribution in [1.82, 2.24) is 4.90 Å². The Bertz CT molecular complexity index is 538. The molecule has 1 aromatic heterocycles. The van der Waals surface area contributed by atoms with Crippen LogP contribution >= 0.6 is 27.3 Å². The number of carbonyl (C=O) groups excluding carboxylic acids is 1. The van der Waals surface area contributed by atoms with Crippen molar-refractivity contribution in [2.75, 3.05) is 7.05 Å². The van der Waals surface area contributed by atoms with Gasteiger partial charge >= 0.3 is 0 Å². The zero-order chi connectivity index (χ0) is 13.1. The molecular formula is C14H14BrNOS. The van der Waals surface area contributed by atoms with Crippen LogP contribution in [0.5, 0.6) is 0 Å². The highest BCUT2D eigenvalue weighted by Crippen LogP contribution is 2.26. The topological polar surface area (TPSA) is 20.3 Å².